The quantitative estimate of drug-likeness (QED) is 0.234. The molecule has 0 heterocycles. The second-order valence-corrected chi connectivity index (χ2v) is 11.1. The molecule has 35 heavy (non-hydrogen) atoms. The van der Waals surface area contributed by atoms with Gasteiger partial charge in [-0.25, -0.2) is 0 Å². The molecule has 0 aromatic heterocycles. The topological polar surface area (TPSA) is 133 Å². The predicted molar refractivity (Wildman–Crippen MR) is 138 cm³/mol. The Morgan fingerprint density at radius 2 is 1.20 bits per heavy atom. The van der Waals surface area contributed by atoms with Crippen LogP contribution in [0.3, 0.4) is 0 Å². The summed E-state index contributed by atoms with van der Waals surface area (Å²) in [6.45, 7) is 9.31. The maximum atomic E-state index is 12.4. The number of rotatable bonds is 9. The lowest BCUT2D eigenvalue weighted by molar-refractivity contribution is 0.480. The van der Waals surface area contributed by atoms with Crippen molar-refractivity contribution in [2.75, 3.05) is 23.7 Å². The van der Waals surface area contributed by atoms with E-state index in [1.165, 1.54) is 6.07 Å². The summed E-state index contributed by atoms with van der Waals surface area (Å²) in [6, 6.07) is 14.6. The second-order valence-electron chi connectivity index (χ2n) is 8.29. The average Bonchev–Trinajstić information content (AvgIpc) is 2.76. The van der Waals surface area contributed by atoms with Gasteiger partial charge in [-0.1, -0.05) is 30.3 Å². The van der Waals surface area contributed by atoms with Crippen molar-refractivity contribution in [3.8, 4) is 0 Å². The summed E-state index contributed by atoms with van der Waals surface area (Å²) in [6.07, 6.45) is 0. The molecule has 10 heteroatoms. The summed E-state index contributed by atoms with van der Waals surface area (Å²) in [4.78, 5) is -1.20. The lowest BCUT2D eigenvalue weighted by Crippen LogP contribution is -2.13. The van der Waals surface area contributed by atoms with Crippen molar-refractivity contribution in [1.29, 1.82) is 0 Å². The number of nitrogens with one attached hydrogen (secondary N) is 2. The first-order valence-electron chi connectivity index (χ1n) is 11.1. The van der Waals surface area contributed by atoms with E-state index < -0.39 is 35.9 Å². The molecule has 0 spiro atoms. The van der Waals surface area contributed by atoms with Crippen LogP contribution in [0.25, 0.3) is 0 Å². The van der Waals surface area contributed by atoms with Gasteiger partial charge in [-0.3, -0.25) is 9.11 Å². The number of anilines is 2. The maximum absolute atomic E-state index is 12.4. The highest BCUT2D eigenvalue weighted by atomic mass is 32.2. The largest absolute Gasteiger partial charge is 0.385 e. The third kappa shape index (κ3) is 6.02. The Kier molecular flexibility index (Phi) is 7.90. The van der Waals surface area contributed by atoms with Crippen LogP contribution in [0.5, 0.6) is 0 Å². The molecule has 0 saturated carbocycles. The van der Waals surface area contributed by atoms with E-state index in [1.54, 1.807) is 0 Å². The average molecular weight is 519 g/mol. The van der Waals surface area contributed by atoms with E-state index in [1.807, 2.05) is 64.1 Å². The van der Waals surface area contributed by atoms with Crippen molar-refractivity contribution < 1.29 is 25.9 Å². The highest BCUT2D eigenvalue weighted by Gasteiger charge is 2.28. The van der Waals surface area contributed by atoms with E-state index in [-0.39, 0.29) is 5.56 Å². The highest BCUT2D eigenvalue weighted by molar-refractivity contribution is 7.86. The molecular formula is C25H30N2O6S2. The monoisotopic (exact) mass is 518 g/mol. The van der Waals surface area contributed by atoms with Gasteiger partial charge in [-0.05, 0) is 79.8 Å². The maximum Gasteiger partial charge on any atom is 0.294 e. The van der Waals surface area contributed by atoms with E-state index in [0.29, 0.717) is 0 Å². The van der Waals surface area contributed by atoms with Crippen LogP contribution in [-0.4, -0.2) is 39.0 Å². The lowest BCUT2D eigenvalue weighted by Gasteiger charge is -2.23. The van der Waals surface area contributed by atoms with Gasteiger partial charge >= 0.3 is 0 Å². The van der Waals surface area contributed by atoms with Crippen molar-refractivity contribution in [3.05, 3.63) is 82.4 Å². The minimum atomic E-state index is -4.83. The fraction of sp³-hybridized carbons (Fsp3) is 0.280. The van der Waals surface area contributed by atoms with Crippen LogP contribution in [0.2, 0.25) is 0 Å². The molecule has 0 aliphatic rings. The smallest absolute Gasteiger partial charge is 0.294 e. The third-order valence-corrected chi connectivity index (χ3v) is 7.53. The van der Waals surface area contributed by atoms with Gasteiger partial charge in [0.1, 0.15) is 0 Å². The first-order chi connectivity index (χ1) is 16.4. The SMILES string of the molecule is CCNc1ccc(C(c2ccc(NCC)c(C)c2)c2ccc(S(=O)(=O)O)cc2S(=O)(=O)O)cc1C. The summed E-state index contributed by atoms with van der Waals surface area (Å²) >= 11 is 0. The van der Waals surface area contributed by atoms with Crippen LogP contribution in [0, 0.1) is 13.8 Å². The van der Waals surface area contributed by atoms with Crippen LogP contribution < -0.4 is 10.6 Å². The molecule has 0 amide bonds. The summed E-state index contributed by atoms with van der Waals surface area (Å²) in [7, 11) is -9.52. The molecule has 0 radical (unpaired) electrons. The molecule has 3 rings (SSSR count). The minimum Gasteiger partial charge on any atom is -0.385 e. The highest BCUT2D eigenvalue weighted by Crippen LogP contribution is 2.39. The molecule has 0 aliphatic carbocycles. The van der Waals surface area contributed by atoms with Crippen molar-refractivity contribution in [2.45, 2.75) is 43.4 Å². The van der Waals surface area contributed by atoms with E-state index in [2.05, 4.69) is 10.6 Å². The third-order valence-electron chi connectivity index (χ3n) is 5.77. The van der Waals surface area contributed by atoms with Gasteiger partial charge < -0.3 is 10.6 Å². The zero-order valence-corrected chi connectivity index (χ0v) is 21.7. The van der Waals surface area contributed by atoms with Gasteiger partial charge in [0.2, 0.25) is 0 Å². The molecule has 188 valence electrons. The van der Waals surface area contributed by atoms with Crippen LogP contribution in [0.15, 0.2) is 64.4 Å². The molecule has 0 unspecified atom stereocenters. The zero-order valence-electron chi connectivity index (χ0n) is 20.0. The first-order valence-corrected chi connectivity index (χ1v) is 14.0. The van der Waals surface area contributed by atoms with Gasteiger partial charge in [0.15, 0.2) is 0 Å². The fourth-order valence-corrected chi connectivity index (χ4v) is 5.54. The standard InChI is InChI=1S/C25H30N2O6S2/c1-5-26-22-11-7-18(13-16(22)3)25(19-8-12-23(27-6-2)17(4)14-19)21-10-9-20(34(28,29)30)15-24(21)35(31,32)33/h7-15,25-27H,5-6H2,1-4H3,(H,28,29,30)(H,31,32,33). The van der Waals surface area contributed by atoms with Gasteiger partial charge in [0, 0.05) is 30.4 Å². The Hall–Kier alpha value is -2.92. The normalized spacial score (nSPS) is 12.1. The Balaban J connectivity index is 2.33. The van der Waals surface area contributed by atoms with Gasteiger partial charge in [0.25, 0.3) is 20.2 Å². The predicted octanol–water partition coefficient (Wildman–Crippen LogP) is 4.84. The molecule has 0 fully saturated rings. The van der Waals surface area contributed by atoms with Crippen molar-refractivity contribution >= 4 is 31.6 Å². The van der Waals surface area contributed by atoms with E-state index in [9.17, 15) is 25.9 Å². The van der Waals surface area contributed by atoms with Crippen molar-refractivity contribution in [1.82, 2.24) is 0 Å². The Morgan fingerprint density at radius 1 is 0.714 bits per heavy atom. The number of benzene rings is 3. The number of hydrogen-bond acceptors (Lipinski definition) is 6. The van der Waals surface area contributed by atoms with Crippen molar-refractivity contribution in [2.24, 2.45) is 0 Å². The molecule has 0 aliphatic heterocycles. The number of hydrogen-bond donors (Lipinski definition) is 4. The summed E-state index contributed by atoms with van der Waals surface area (Å²) < 4.78 is 67.6. The minimum absolute atomic E-state index is 0.186. The van der Waals surface area contributed by atoms with Gasteiger partial charge in [-0.15, -0.1) is 0 Å². The fourth-order valence-electron chi connectivity index (χ4n) is 4.20. The first kappa shape index (κ1) is 26.7. The molecular weight excluding hydrogens is 488 g/mol. The molecule has 0 atom stereocenters. The molecule has 0 bridgehead atoms. The molecule has 0 saturated heterocycles. The van der Waals surface area contributed by atoms with Crippen LogP contribution in [-0.2, 0) is 20.2 Å². The molecule has 3 aromatic rings. The summed E-state index contributed by atoms with van der Waals surface area (Å²) in [5.74, 6) is -0.647. The van der Waals surface area contributed by atoms with Gasteiger partial charge in [0.05, 0.1) is 9.79 Å². The Bertz CT molecular complexity index is 1400. The molecule has 8 nitrogen and oxygen atoms in total. The van der Waals surface area contributed by atoms with E-state index in [0.717, 1.165) is 58.9 Å². The summed E-state index contributed by atoms with van der Waals surface area (Å²) in [5.41, 5.74) is 5.45. The molecule has 3 aromatic carbocycles. The van der Waals surface area contributed by atoms with Crippen molar-refractivity contribution in [3.63, 3.8) is 0 Å². The number of aryl methyl sites for hydroxylation is 2. The van der Waals surface area contributed by atoms with Gasteiger partial charge in [-0.2, -0.15) is 16.8 Å². The summed E-state index contributed by atoms with van der Waals surface area (Å²) in [5, 5.41) is 6.55. The lowest BCUT2D eigenvalue weighted by atomic mass is 9.83. The van der Waals surface area contributed by atoms with Crippen LogP contribution >= 0.6 is 0 Å². The molecule has 4 N–H and O–H groups in total. The zero-order chi connectivity index (χ0) is 26.0. The van der Waals surface area contributed by atoms with E-state index >= 15 is 0 Å². The van der Waals surface area contributed by atoms with Crippen LogP contribution in [0.1, 0.15) is 47.6 Å². The Morgan fingerprint density at radius 3 is 1.57 bits per heavy atom. The Labute approximate surface area is 206 Å². The second kappa shape index (κ2) is 10.4. The van der Waals surface area contributed by atoms with E-state index in [4.69, 9.17) is 0 Å². The van der Waals surface area contributed by atoms with Crippen LogP contribution in [0.4, 0.5) is 11.4 Å².